The van der Waals surface area contributed by atoms with Crippen molar-refractivity contribution >= 4 is 18.0 Å². The fourth-order valence-electron chi connectivity index (χ4n) is 4.68. The molecule has 2 heterocycles. The molecule has 2 aliphatic rings. The molecule has 8 nitrogen and oxygen atoms in total. The molecule has 2 aromatic rings. The van der Waals surface area contributed by atoms with E-state index in [9.17, 15) is 9.90 Å². The largest absolute Gasteiger partial charge is 0.508 e. The summed E-state index contributed by atoms with van der Waals surface area (Å²) in [5.74, 6) is 0.807. The molecule has 0 bridgehead atoms. The molecule has 8 heteroatoms. The van der Waals surface area contributed by atoms with E-state index in [0.717, 1.165) is 36.1 Å². The second kappa shape index (κ2) is 11.0. The Labute approximate surface area is 219 Å². The predicted octanol–water partition coefficient (Wildman–Crippen LogP) is 6.16. The third-order valence-electron chi connectivity index (χ3n) is 6.81. The van der Waals surface area contributed by atoms with Crippen molar-refractivity contribution in [2.75, 3.05) is 25.0 Å². The molecule has 2 aromatic carbocycles. The maximum Gasteiger partial charge on any atom is 0.410 e. The van der Waals surface area contributed by atoms with Crippen LogP contribution in [-0.4, -0.2) is 59.4 Å². The van der Waals surface area contributed by atoms with Crippen LogP contribution in [0.15, 0.2) is 36.4 Å². The average molecular weight is 510 g/mol. The summed E-state index contributed by atoms with van der Waals surface area (Å²) in [5.41, 5.74) is 2.23. The summed E-state index contributed by atoms with van der Waals surface area (Å²) in [6, 6.07) is 11.0. The van der Waals surface area contributed by atoms with E-state index >= 15 is 0 Å². The fourth-order valence-corrected chi connectivity index (χ4v) is 4.68. The number of piperidine rings is 1. The van der Waals surface area contributed by atoms with Gasteiger partial charge in [-0.25, -0.2) is 4.79 Å². The van der Waals surface area contributed by atoms with Crippen LogP contribution in [0.1, 0.15) is 65.4 Å². The maximum absolute atomic E-state index is 12.5. The molecule has 0 radical (unpaired) electrons. The summed E-state index contributed by atoms with van der Waals surface area (Å²) in [6.45, 7) is 9.43. The number of carbonyl (C=O) groups excluding carboxylic acids is 1. The standard InChI is InChI=1S/C29H39N3O5/c1-28(2,3)37-27(34)32-14-12-29(4,13-15-32)36-25-18-21(20-8-10-22(33)11-9-20)17-24(23(25)19-30)31-26-7-5-6-16-35-26/h8-11,17-19,26,30-31,33H,5-7,12-16H2,1-4H3. The van der Waals surface area contributed by atoms with Gasteiger partial charge in [0.1, 0.15) is 28.9 Å². The normalized spacial score (nSPS) is 19.7. The van der Waals surface area contributed by atoms with Crippen molar-refractivity contribution in [2.24, 2.45) is 0 Å². The average Bonchev–Trinajstić information content (AvgIpc) is 2.84. The number of benzene rings is 2. The minimum Gasteiger partial charge on any atom is -0.508 e. The van der Waals surface area contributed by atoms with Gasteiger partial charge < -0.3 is 34.9 Å². The molecule has 0 aromatic heterocycles. The minimum absolute atomic E-state index is 0.122. The number of anilines is 1. The van der Waals surface area contributed by atoms with Crippen molar-refractivity contribution in [1.29, 1.82) is 5.41 Å². The van der Waals surface area contributed by atoms with Gasteiger partial charge in [0.05, 0.1) is 5.56 Å². The van der Waals surface area contributed by atoms with Crippen LogP contribution >= 0.6 is 0 Å². The second-order valence-electron chi connectivity index (χ2n) is 11.1. The molecular formula is C29H39N3O5. The summed E-state index contributed by atoms with van der Waals surface area (Å²) in [4.78, 5) is 14.3. The molecule has 0 saturated carbocycles. The van der Waals surface area contributed by atoms with Crippen molar-refractivity contribution in [3.05, 3.63) is 42.0 Å². The van der Waals surface area contributed by atoms with E-state index in [1.807, 2.05) is 45.0 Å². The number of likely N-dealkylation sites (tertiary alicyclic amines) is 1. The van der Waals surface area contributed by atoms with E-state index in [2.05, 4.69) is 12.2 Å². The summed E-state index contributed by atoms with van der Waals surface area (Å²) in [6.07, 6.45) is 5.21. The lowest BCUT2D eigenvalue weighted by molar-refractivity contribution is -0.00982. The summed E-state index contributed by atoms with van der Waals surface area (Å²) >= 11 is 0. The number of amides is 1. The van der Waals surface area contributed by atoms with E-state index in [-0.39, 0.29) is 18.1 Å². The molecule has 2 aliphatic heterocycles. The van der Waals surface area contributed by atoms with E-state index in [1.54, 1.807) is 17.0 Å². The van der Waals surface area contributed by atoms with Gasteiger partial charge in [-0.2, -0.15) is 0 Å². The Bertz CT molecular complexity index is 1100. The molecule has 4 rings (SSSR count). The fraction of sp³-hybridized carbons (Fsp3) is 0.517. The quantitative estimate of drug-likeness (QED) is 0.403. The SMILES string of the molecule is CC(C)(C)OC(=O)N1CCC(C)(Oc2cc(-c3ccc(O)cc3)cc(NC3CCCCO3)c2C=N)CC1. The van der Waals surface area contributed by atoms with Crippen LogP contribution < -0.4 is 10.1 Å². The molecule has 2 saturated heterocycles. The number of ether oxygens (including phenoxy) is 3. The van der Waals surface area contributed by atoms with E-state index in [1.165, 1.54) is 6.21 Å². The Hall–Kier alpha value is -3.26. The number of rotatable bonds is 6. The smallest absolute Gasteiger partial charge is 0.410 e. The Morgan fingerprint density at radius 1 is 1.16 bits per heavy atom. The highest BCUT2D eigenvalue weighted by Crippen LogP contribution is 2.38. The third kappa shape index (κ3) is 6.95. The number of nitrogens with one attached hydrogen (secondary N) is 2. The van der Waals surface area contributed by atoms with Gasteiger partial charge in [-0.05, 0) is 82.3 Å². The molecule has 1 atom stereocenters. The number of nitrogens with zero attached hydrogens (tertiary/aromatic N) is 1. The number of aromatic hydroxyl groups is 1. The van der Waals surface area contributed by atoms with Crippen molar-refractivity contribution < 1.29 is 24.1 Å². The number of phenols is 1. The second-order valence-corrected chi connectivity index (χ2v) is 11.1. The molecule has 2 fully saturated rings. The first-order valence-electron chi connectivity index (χ1n) is 13.1. The first-order chi connectivity index (χ1) is 17.5. The zero-order valence-corrected chi connectivity index (χ0v) is 22.3. The van der Waals surface area contributed by atoms with Crippen LogP contribution in [0.4, 0.5) is 10.5 Å². The third-order valence-corrected chi connectivity index (χ3v) is 6.81. The topological polar surface area (TPSA) is 104 Å². The highest BCUT2D eigenvalue weighted by molar-refractivity contribution is 5.92. The number of phenolic OH excluding ortho intramolecular Hbond substituents is 1. The van der Waals surface area contributed by atoms with Gasteiger partial charge in [-0.15, -0.1) is 0 Å². The van der Waals surface area contributed by atoms with Crippen LogP contribution in [0.3, 0.4) is 0 Å². The number of hydrogen-bond donors (Lipinski definition) is 3. The van der Waals surface area contributed by atoms with Crippen molar-refractivity contribution in [1.82, 2.24) is 4.90 Å². The number of carbonyl (C=O) groups is 1. The van der Waals surface area contributed by atoms with Crippen LogP contribution in [0.25, 0.3) is 11.1 Å². The van der Waals surface area contributed by atoms with Crippen molar-refractivity contribution in [2.45, 2.75) is 77.2 Å². The minimum atomic E-state index is -0.534. The van der Waals surface area contributed by atoms with Crippen LogP contribution in [-0.2, 0) is 9.47 Å². The zero-order chi connectivity index (χ0) is 26.6. The first kappa shape index (κ1) is 26.8. The summed E-state index contributed by atoms with van der Waals surface area (Å²) in [7, 11) is 0. The lowest BCUT2D eigenvalue weighted by Gasteiger charge is -2.40. The van der Waals surface area contributed by atoms with Gasteiger partial charge in [0.25, 0.3) is 0 Å². The van der Waals surface area contributed by atoms with Gasteiger partial charge in [-0.3, -0.25) is 0 Å². The van der Waals surface area contributed by atoms with Gasteiger partial charge in [0, 0.05) is 44.4 Å². The summed E-state index contributed by atoms with van der Waals surface area (Å²) in [5, 5.41) is 21.5. The lowest BCUT2D eigenvalue weighted by atomic mass is 9.93. The van der Waals surface area contributed by atoms with Crippen LogP contribution in [0.5, 0.6) is 11.5 Å². The highest BCUT2D eigenvalue weighted by atomic mass is 16.6. The zero-order valence-electron chi connectivity index (χ0n) is 22.3. The van der Waals surface area contributed by atoms with Gasteiger partial charge >= 0.3 is 6.09 Å². The molecule has 37 heavy (non-hydrogen) atoms. The Morgan fingerprint density at radius 3 is 2.46 bits per heavy atom. The molecule has 3 N–H and O–H groups in total. The number of hydrogen-bond acceptors (Lipinski definition) is 7. The Morgan fingerprint density at radius 2 is 1.86 bits per heavy atom. The van der Waals surface area contributed by atoms with Gasteiger partial charge in [0.15, 0.2) is 0 Å². The van der Waals surface area contributed by atoms with Crippen LogP contribution in [0.2, 0.25) is 0 Å². The monoisotopic (exact) mass is 509 g/mol. The van der Waals surface area contributed by atoms with E-state index < -0.39 is 11.2 Å². The molecule has 1 unspecified atom stereocenters. The predicted molar refractivity (Wildman–Crippen MR) is 145 cm³/mol. The lowest BCUT2D eigenvalue weighted by Crippen LogP contribution is -2.49. The van der Waals surface area contributed by atoms with Crippen molar-refractivity contribution in [3.8, 4) is 22.6 Å². The molecule has 0 aliphatic carbocycles. The Kier molecular flexibility index (Phi) is 7.97. The van der Waals surface area contributed by atoms with Crippen molar-refractivity contribution in [3.63, 3.8) is 0 Å². The van der Waals surface area contributed by atoms with Gasteiger partial charge in [-0.1, -0.05) is 12.1 Å². The Balaban J connectivity index is 1.60. The maximum atomic E-state index is 12.5. The first-order valence-corrected chi connectivity index (χ1v) is 13.1. The highest BCUT2D eigenvalue weighted by Gasteiger charge is 2.36. The van der Waals surface area contributed by atoms with Crippen LogP contribution in [0, 0.1) is 5.41 Å². The molecule has 0 spiro atoms. The molecule has 1 amide bonds. The molecular weight excluding hydrogens is 470 g/mol. The summed E-state index contributed by atoms with van der Waals surface area (Å²) < 4.78 is 18.1. The van der Waals surface area contributed by atoms with Gasteiger partial charge in [0.2, 0.25) is 0 Å². The van der Waals surface area contributed by atoms with E-state index in [0.29, 0.717) is 43.9 Å². The van der Waals surface area contributed by atoms with E-state index in [4.69, 9.17) is 19.6 Å². The molecule has 200 valence electrons.